The van der Waals surface area contributed by atoms with E-state index in [2.05, 4.69) is 5.43 Å². The molecule has 0 radical (unpaired) electrons. The second-order valence-electron chi connectivity index (χ2n) is 4.91. The van der Waals surface area contributed by atoms with E-state index in [0.717, 1.165) is 16.5 Å². The summed E-state index contributed by atoms with van der Waals surface area (Å²) >= 11 is 5.78. The summed E-state index contributed by atoms with van der Waals surface area (Å²) in [5.74, 6) is 5.72. The van der Waals surface area contributed by atoms with Gasteiger partial charge < -0.3 is 4.42 Å². The highest BCUT2D eigenvalue weighted by Crippen LogP contribution is 2.31. The fraction of sp³-hybridized carbons (Fsp3) is 0.125. The summed E-state index contributed by atoms with van der Waals surface area (Å²) in [6.07, 6.45) is 0. The number of rotatable bonds is 3. The standard InChI is InChI=1S/C16H14ClFN2O/c1-9-3-2-4-10-7-14(21-16(9)10)15(20-19)12-6-5-11(17)8-13(12)18/h2-8,15,20H,19H2,1H3. The smallest absolute Gasteiger partial charge is 0.137 e. The molecule has 21 heavy (non-hydrogen) atoms. The second kappa shape index (κ2) is 5.48. The molecule has 0 aliphatic rings. The molecule has 1 aromatic heterocycles. The first-order chi connectivity index (χ1) is 10.1. The largest absolute Gasteiger partial charge is 0.459 e. The molecule has 0 aliphatic heterocycles. The fourth-order valence-electron chi connectivity index (χ4n) is 2.43. The average Bonchev–Trinajstić information content (AvgIpc) is 2.87. The van der Waals surface area contributed by atoms with Crippen LogP contribution in [0.25, 0.3) is 11.0 Å². The Hall–Kier alpha value is -1.88. The van der Waals surface area contributed by atoms with Gasteiger partial charge in [0.05, 0.1) is 0 Å². The van der Waals surface area contributed by atoms with Crippen molar-refractivity contribution in [2.75, 3.05) is 0 Å². The lowest BCUT2D eigenvalue weighted by molar-refractivity contribution is 0.462. The SMILES string of the molecule is Cc1cccc2cc(C(NN)c3ccc(Cl)cc3F)oc12. The van der Waals surface area contributed by atoms with Gasteiger partial charge in [0.1, 0.15) is 23.2 Å². The molecule has 0 fully saturated rings. The Morgan fingerprint density at radius 3 is 2.71 bits per heavy atom. The monoisotopic (exact) mass is 304 g/mol. The maximum atomic E-state index is 14.1. The summed E-state index contributed by atoms with van der Waals surface area (Å²) in [5.41, 5.74) is 4.79. The first-order valence-corrected chi connectivity index (χ1v) is 6.88. The molecule has 0 spiro atoms. The number of fused-ring (bicyclic) bond motifs is 1. The van der Waals surface area contributed by atoms with E-state index in [-0.39, 0.29) is 0 Å². The molecule has 1 heterocycles. The van der Waals surface area contributed by atoms with Crippen molar-refractivity contribution in [2.24, 2.45) is 5.84 Å². The lowest BCUT2D eigenvalue weighted by Crippen LogP contribution is -2.29. The highest BCUT2D eigenvalue weighted by molar-refractivity contribution is 6.30. The molecule has 5 heteroatoms. The lowest BCUT2D eigenvalue weighted by atomic mass is 10.0. The van der Waals surface area contributed by atoms with Crippen molar-refractivity contribution in [3.8, 4) is 0 Å². The Morgan fingerprint density at radius 2 is 2.05 bits per heavy atom. The van der Waals surface area contributed by atoms with Gasteiger partial charge in [-0.15, -0.1) is 0 Å². The Bertz CT molecular complexity index is 800. The summed E-state index contributed by atoms with van der Waals surface area (Å²) in [6.45, 7) is 1.96. The number of halogens is 2. The van der Waals surface area contributed by atoms with Gasteiger partial charge in [0.15, 0.2) is 0 Å². The molecule has 0 amide bonds. The van der Waals surface area contributed by atoms with Crippen LogP contribution >= 0.6 is 11.6 Å². The summed E-state index contributed by atoms with van der Waals surface area (Å²) < 4.78 is 19.9. The van der Waals surface area contributed by atoms with Crippen LogP contribution in [0.1, 0.15) is 22.9 Å². The zero-order valence-electron chi connectivity index (χ0n) is 11.4. The lowest BCUT2D eigenvalue weighted by Gasteiger charge is -2.14. The number of hydrogen-bond donors (Lipinski definition) is 2. The van der Waals surface area contributed by atoms with Crippen molar-refractivity contribution < 1.29 is 8.81 Å². The van der Waals surface area contributed by atoms with Crippen LogP contribution in [0.15, 0.2) is 46.9 Å². The predicted octanol–water partition coefficient (Wildman–Crippen LogP) is 4.09. The van der Waals surface area contributed by atoms with Gasteiger partial charge in [0.2, 0.25) is 0 Å². The van der Waals surface area contributed by atoms with Crippen LogP contribution in [0.2, 0.25) is 5.02 Å². The third kappa shape index (κ3) is 2.53. The van der Waals surface area contributed by atoms with E-state index >= 15 is 0 Å². The van der Waals surface area contributed by atoms with Crippen LogP contribution in [0.4, 0.5) is 4.39 Å². The minimum absolute atomic E-state index is 0.340. The van der Waals surface area contributed by atoms with Gasteiger partial charge in [-0.05, 0) is 30.7 Å². The molecular formula is C16H14ClFN2O. The zero-order valence-corrected chi connectivity index (χ0v) is 12.1. The van der Waals surface area contributed by atoms with Gasteiger partial charge in [-0.1, -0.05) is 35.9 Å². The number of aryl methyl sites for hydroxylation is 1. The van der Waals surface area contributed by atoms with Crippen LogP contribution in [0.3, 0.4) is 0 Å². The van der Waals surface area contributed by atoms with E-state index in [1.807, 2.05) is 31.2 Å². The number of para-hydroxylation sites is 1. The number of nitrogens with two attached hydrogens (primary N) is 1. The van der Waals surface area contributed by atoms with E-state index in [4.69, 9.17) is 21.9 Å². The number of hydrazine groups is 1. The quantitative estimate of drug-likeness (QED) is 0.566. The van der Waals surface area contributed by atoms with Gasteiger partial charge in [-0.25, -0.2) is 9.82 Å². The molecule has 3 nitrogen and oxygen atoms in total. The minimum Gasteiger partial charge on any atom is -0.459 e. The molecule has 108 valence electrons. The molecule has 0 aliphatic carbocycles. The third-order valence-corrected chi connectivity index (χ3v) is 3.72. The van der Waals surface area contributed by atoms with Crippen LogP contribution in [0.5, 0.6) is 0 Å². The summed E-state index contributed by atoms with van der Waals surface area (Å²) in [6, 6.07) is 11.6. The predicted molar refractivity (Wildman–Crippen MR) is 81.5 cm³/mol. The van der Waals surface area contributed by atoms with E-state index in [9.17, 15) is 4.39 Å². The number of nitrogens with one attached hydrogen (secondary N) is 1. The number of hydrogen-bond acceptors (Lipinski definition) is 3. The molecule has 0 saturated carbocycles. The van der Waals surface area contributed by atoms with E-state index < -0.39 is 11.9 Å². The summed E-state index contributed by atoms with van der Waals surface area (Å²) in [7, 11) is 0. The van der Waals surface area contributed by atoms with Crippen LogP contribution in [0, 0.1) is 12.7 Å². The zero-order chi connectivity index (χ0) is 15.0. The van der Waals surface area contributed by atoms with Crippen LogP contribution in [-0.4, -0.2) is 0 Å². The van der Waals surface area contributed by atoms with Crippen molar-refractivity contribution in [1.82, 2.24) is 5.43 Å². The first kappa shape index (κ1) is 14.1. The van der Waals surface area contributed by atoms with E-state index in [1.54, 1.807) is 12.1 Å². The molecule has 3 rings (SSSR count). The van der Waals surface area contributed by atoms with Crippen LogP contribution < -0.4 is 11.3 Å². The topological polar surface area (TPSA) is 51.2 Å². The molecule has 3 N–H and O–H groups in total. The molecule has 0 saturated heterocycles. The van der Waals surface area contributed by atoms with Crippen molar-refractivity contribution in [2.45, 2.75) is 13.0 Å². The number of furan rings is 1. The molecule has 2 aromatic carbocycles. The van der Waals surface area contributed by atoms with Gasteiger partial charge in [0, 0.05) is 16.0 Å². The molecule has 3 aromatic rings. The highest BCUT2D eigenvalue weighted by Gasteiger charge is 2.21. The van der Waals surface area contributed by atoms with Crippen molar-refractivity contribution in [3.05, 3.63) is 70.2 Å². The van der Waals surface area contributed by atoms with Crippen molar-refractivity contribution in [3.63, 3.8) is 0 Å². The normalized spacial score (nSPS) is 12.8. The second-order valence-corrected chi connectivity index (χ2v) is 5.34. The molecular weight excluding hydrogens is 291 g/mol. The third-order valence-electron chi connectivity index (χ3n) is 3.48. The maximum absolute atomic E-state index is 14.1. The molecule has 1 atom stereocenters. The summed E-state index contributed by atoms with van der Waals surface area (Å²) in [4.78, 5) is 0. The Kier molecular flexibility index (Phi) is 3.68. The summed E-state index contributed by atoms with van der Waals surface area (Å²) in [5, 5.41) is 1.30. The van der Waals surface area contributed by atoms with Gasteiger partial charge >= 0.3 is 0 Å². The van der Waals surface area contributed by atoms with Crippen molar-refractivity contribution in [1.29, 1.82) is 0 Å². The average molecular weight is 305 g/mol. The van der Waals surface area contributed by atoms with E-state index in [0.29, 0.717) is 16.3 Å². The van der Waals surface area contributed by atoms with Crippen molar-refractivity contribution >= 4 is 22.6 Å². The van der Waals surface area contributed by atoms with Gasteiger partial charge in [0.25, 0.3) is 0 Å². The van der Waals surface area contributed by atoms with Gasteiger partial charge in [-0.2, -0.15) is 0 Å². The maximum Gasteiger partial charge on any atom is 0.137 e. The molecule has 0 bridgehead atoms. The van der Waals surface area contributed by atoms with E-state index in [1.165, 1.54) is 6.07 Å². The highest BCUT2D eigenvalue weighted by atomic mass is 35.5. The Balaban J connectivity index is 2.11. The number of benzene rings is 2. The van der Waals surface area contributed by atoms with Crippen LogP contribution in [-0.2, 0) is 0 Å². The first-order valence-electron chi connectivity index (χ1n) is 6.50. The van der Waals surface area contributed by atoms with Gasteiger partial charge in [-0.3, -0.25) is 5.84 Å². The fourth-order valence-corrected chi connectivity index (χ4v) is 2.59. The molecule has 1 unspecified atom stereocenters. The minimum atomic E-state index is -0.575. The Labute approximate surface area is 126 Å². The Morgan fingerprint density at radius 1 is 1.24 bits per heavy atom.